The standard InChI is InChI=1S/C15H22N6O/c1-5-12-11(4)19-14(16)20-13(12)17-6-7-21-10(3)8-9(2)18-15(21)22/h8H,5-7H2,1-4H3,(H3,16,17,19,20). The smallest absolute Gasteiger partial charge is 0.348 e. The number of aryl methyl sites for hydroxylation is 3. The van der Waals surface area contributed by atoms with Crippen molar-refractivity contribution in [1.82, 2.24) is 19.5 Å². The summed E-state index contributed by atoms with van der Waals surface area (Å²) in [5, 5.41) is 3.24. The number of anilines is 2. The average molecular weight is 302 g/mol. The van der Waals surface area contributed by atoms with E-state index in [1.165, 1.54) is 0 Å². The third-order valence-electron chi connectivity index (χ3n) is 3.56. The molecule has 0 saturated carbocycles. The van der Waals surface area contributed by atoms with Crippen LogP contribution in [0.25, 0.3) is 0 Å². The van der Waals surface area contributed by atoms with E-state index in [1.807, 2.05) is 33.8 Å². The monoisotopic (exact) mass is 302 g/mol. The third-order valence-corrected chi connectivity index (χ3v) is 3.56. The molecule has 2 aromatic rings. The number of nitrogens with two attached hydrogens (primary N) is 1. The molecule has 7 nitrogen and oxygen atoms in total. The van der Waals surface area contributed by atoms with Gasteiger partial charge in [0.2, 0.25) is 5.95 Å². The summed E-state index contributed by atoms with van der Waals surface area (Å²) in [6.45, 7) is 8.77. The zero-order valence-electron chi connectivity index (χ0n) is 13.5. The molecule has 0 aliphatic heterocycles. The van der Waals surface area contributed by atoms with E-state index in [4.69, 9.17) is 5.73 Å². The van der Waals surface area contributed by atoms with Crippen LogP contribution in [-0.4, -0.2) is 26.1 Å². The van der Waals surface area contributed by atoms with Gasteiger partial charge in [-0.1, -0.05) is 6.92 Å². The first-order valence-electron chi connectivity index (χ1n) is 7.34. The Morgan fingerprint density at radius 2 is 1.95 bits per heavy atom. The minimum Gasteiger partial charge on any atom is -0.368 e. The first-order chi connectivity index (χ1) is 10.4. The molecular weight excluding hydrogens is 280 g/mol. The quantitative estimate of drug-likeness (QED) is 0.861. The van der Waals surface area contributed by atoms with Crippen molar-refractivity contribution in [3.8, 4) is 0 Å². The minimum atomic E-state index is -0.228. The molecule has 0 atom stereocenters. The van der Waals surface area contributed by atoms with Crippen molar-refractivity contribution >= 4 is 11.8 Å². The molecule has 0 aliphatic rings. The normalized spacial score (nSPS) is 10.7. The SMILES string of the molecule is CCc1c(C)nc(N)nc1NCCn1c(C)cc(C)nc1=O. The van der Waals surface area contributed by atoms with Gasteiger partial charge in [0.15, 0.2) is 0 Å². The molecule has 2 heterocycles. The van der Waals surface area contributed by atoms with Crippen LogP contribution in [0.15, 0.2) is 10.9 Å². The van der Waals surface area contributed by atoms with Crippen LogP contribution < -0.4 is 16.7 Å². The van der Waals surface area contributed by atoms with Gasteiger partial charge in [0, 0.05) is 35.7 Å². The van der Waals surface area contributed by atoms with Gasteiger partial charge in [-0.3, -0.25) is 4.57 Å². The number of aromatic nitrogens is 4. The van der Waals surface area contributed by atoms with Gasteiger partial charge in [-0.2, -0.15) is 9.97 Å². The van der Waals surface area contributed by atoms with Gasteiger partial charge in [0.25, 0.3) is 0 Å². The Kier molecular flexibility index (Phi) is 4.75. The first kappa shape index (κ1) is 15.9. The molecule has 0 spiro atoms. The number of hydrogen-bond donors (Lipinski definition) is 2. The second-order valence-corrected chi connectivity index (χ2v) is 5.25. The molecule has 2 rings (SSSR count). The Balaban J connectivity index is 2.14. The minimum absolute atomic E-state index is 0.228. The summed E-state index contributed by atoms with van der Waals surface area (Å²) in [5.74, 6) is 0.987. The van der Waals surface area contributed by atoms with Crippen molar-refractivity contribution in [2.24, 2.45) is 0 Å². The van der Waals surface area contributed by atoms with E-state index in [2.05, 4.69) is 20.3 Å². The van der Waals surface area contributed by atoms with Gasteiger partial charge in [-0.15, -0.1) is 0 Å². The fourth-order valence-electron chi connectivity index (χ4n) is 2.52. The largest absolute Gasteiger partial charge is 0.368 e. The number of hydrogen-bond acceptors (Lipinski definition) is 6. The highest BCUT2D eigenvalue weighted by Crippen LogP contribution is 2.17. The highest BCUT2D eigenvalue weighted by molar-refractivity contribution is 5.49. The predicted octanol–water partition coefficient (Wildman–Crippen LogP) is 1.22. The molecule has 0 fully saturated rings. The van der Waals surface area contributed by atoms with Crippen LogP contribution in [0, 0.1) is 20.8 Å². The van der Waals surface area contributed by atoms with E-state index in [-0.39, 0.29) is 11.6 Å². The van der Waals surface area contributed by atoms with Crippen molar-refractivity contribution in [2.45, 2.75) is 40.7 Å². The average Bonchev–Trinajstić information content (AvgIpc) is 2.41. The van der Waals surface area contributed by atoms with Crippen molar-refractivity contribution in [3.05, 3.63) is 39.2 Å². The summed E-state index contributed by atoms with van der Waals surface area (Å²) in [4.78, 5) is 24.3. The molecule has 22 heavy (non-hydrogen) atoms. The van der Waals surface area contributed by atoms with Gasteiger partial charge in [-0.25, -0.2) is 9.78 Å². The zero-order valence-corrected chi connectivity index (χ0v) is 13.5. The second-order valence-electron chi connectivity index (χ2n) is 5.25. The van der Waals surface area contributed by atoms with Crippen molar-refractivity contribution in [3.63, 3.8) is 0 Å². The molecule has 0 aromatic carbocycles. The van der Waals surface area contributed by atoms with E-state index < -0.39 is 0 Å². The third kappa shape index (κ3) is 3.41. The molecule has 0 aliphatic carbocycles. The van der Waals surface area contributed by atoms with Crippen LogP contribution in [0.4, 0.5) is 11.8 Å². The van der Waals surface area contributed by atoms with E-state index in [9.17, 15) is 4.79 Å². The zero-order chi connectivity index (χ0) is 16.3. The highest BCUT2D eigenvalue weighted by Gasteiger charge is 2.09. The molecular formula is C15H22N6O. The summed E-state index contributed by atoms with van der Waals surface area (Å²) in [7, 11) is 0. The molecule has 0 unspecified atom stereocenters. The van der Waals surface area contributed by atoms with Crippen molar-refractivity contribution in [2.75, 3.05) is 17.6 Å². The Morgan fingerprint density at radius 3 is 2.59 bits per heavy atom. The molecule has 0 bridgehead atoms. The van der Waals surface area contributed by atoms with Crippen LogP contribution in [0.2, 0.25) is 0 Å². The summed E-state index contributed by atoms with van der Waals surface area (Å²) in [6.07, 6.45) is 0.819. The molecule has 7 heteroatoms. The van der Waals surface area contributed by atoms with E-state index >= 15 is 0 Å². The number of nitrogen functional groups attached to an aromatic ring is 1. The van der Waals surface area contributed by atoms with Crippen LogP contribution in [0.5, 0.6) is 0 Å². The summed E-state index contributed by atoms with van der Waals surface area (Å²) >= 11 is 0. The number of rotatable bonds is 5. The first-order valence-corrected chi connectivity index (χ1v) is 7.34. The summed E-state index contributed by atoms with van der Waals surface area (Å²) < 4.78 is 1.64. The molecule has 0 radical (unpaired) electrons. The number of nitrogens with one attached hydrogen (secondary N) is 1. The van der Waals surface area contributed by atoms with Gasteiger partial charge in [-0.05, 0) is 33.3 Å². The van der Waals surface area contributed by atoms with Crippen molar-refractivity contribution < 1.29 is 0 Å². The topological polar surface area (TPSA) is 98.7 Å². The second kappa shape index (κ2) is 6.55. The lowest BCUT2D eigenvalue weighted by Gasteiger charge is -2.14. The lowest BCUT2D eigenvalue weighted by molar-refractivity contribution is 0.646. The number of nitrogens with zero attached hydrogens (tertiary/aromatic N) is 4. The summed E-state index contributed by atoms with van der Waals surface area (Å²) in [6, 6.07) is 1.89. The van der Waals surface area contributed by atoms with Crippen LogP contribution in [0.1, 0.15) is 29.6 Å². The van der Waals surface area contributed by atoms with Gasteiger partial charge >= 0.3 is 5.69 Å². The fourth-order valence-corrected chi connectivity index (χ4v) is 2.52. The van der Waals surface area contributed by atoms with Crippen molar-refractivity contribution in [1.29, 1.82) is 0 Å². The van der Waals surface area contributed by atoms with Gasteiger partial charge in [0.05, 0.1) is 0 Å². The van der Waals surface area contributed by atoms with E-state index in [0.29, 0.717) is 13.1 Å². The maximum Gasteiger partial charge on any atom is 0.348 e. The van der Waals surface area contributed by atoms with Crippen LogP contribution in [-0.2, 0) is 13.0 Å². The van der Waals surface area contributed by atoms with E-state index in [0.717, 1.165) is 34.9 Å². The predicted molar refractivity (Wildman–Crippen MR) is 87.0 cm³/mol. The lowest BCUT2D eigenvalue weighted by Crippen LogP contribution is -2.28. The Bertz CT molecular complexity index is 738. The Hall–Kier alpha value is -2.44. The highest BCUT2D eigenvalue weighted by atomic mass is 16.1. The lowest BCUT2D eigenvalue weighted by atomic mass is 10.1. The van der Waals surface area contributed by atoms with Crippen LogP contribution in [0.3, 0.4) is 0 Å². The van der Waals surface area contributed by atoms with Crippen LogP contribution >= 0.6 is 0 Å². The van der Waals surface area contributed by atoms with E-state index in [1.54, 1.807) is 4.57 Å². The molecule has 118 valence electrons. The maximum absolute atomic E-state index is 11.9. The Morgan fingerprint density at radius 1 is 1.23 bits per heavy atom. The molecule has 3 N–H and O–H groups in total. The Labute approximate surface area is 129 Å². The maximum atomic E-state index is 11.9. The molecule has 0 saturated heterocycles. The summed E-state index contributed by atoms with van der Waals surface area (Å²) in [5.41, 5.74) is 9.03. The van der Waals surface area contributed by atoms with Gasteiger partial charge < -0.3 is 11.1 Å². The molecule has 0 amide bonds. The fraction of sp³-hybridized carbons (Fsp3) is 0.467. The molecule has 2 aromatic heterocycles. The van der Waals surface area contributed by atoms with Gasteiger partial charge in [0.1, 0.15) is 5.82 Å².